The number of aromatic nitrogens is 2. The fourth-order valence-electron chi connectivity index (χ4n) is 1.95. The van der Waals surface area contributed by atoms with Crippen molar-refractivity contribution in [3.63, 3.8) is 0 Å². The van der Waals surface area contributed by atoms with E-state index in [1.807, 2.05) is 30.3 Å². The van der Waals surface area contributed by atoms with Gasteiger partial charge in [0.1, 0.15) is 17.8 Å². The van der Waals surface area contributed by atoms with Gasteiger partial charge in [-0.2, -0.15) is 0 Å². The minimum atomic E-state index is -0.110. The number of anilines is 1. The number of rotatable bonds is 6. The van der Waals surface area contributed by atoms with E-state index >= 15 is 0 Å². The minimum absolute atomic E-state index is 0.110. The average molecular weight is 284 g/mol. The van der Waals surface area contributed by atoms with Crippen molar-refractivity contribution < 1.29 is 4.79 Å². The Kier molecular flexibility index (Phi) is 5.26. The van der Waals surface area contributed by atoms with Crippen LogP contribution in [0.1, 0.15) is 29.4 Å². The predicted molar refractivity (Wildman–Crippen MR) is 83.1 cm³/mol. The summed E-state index contributed by atoms with van der Waals surface area (Å²) in [4.78, 5) is 22.2. The lowest BCUT2D eigenvalue weighted by Crippen LogP contribution is -2.27. The number of amides is 1. The van der Waals surface area contributed by atoms with Crippen molar-refractivity contribution in [1.29, 1.82) is 0 Å². The third-order valence-corrected chi connectivity index (χ3v) is 3.05. The molecule has 1 aromatic carbocycles. The Bertz CT molecular complexity index is 586. The van der Waals surface area contributed by atoms with Crippen LogP contribution in [0.3, 0.4) is 0 Å². The molecule has 110 valence electrons. The largest absolute Gasteiger partial charge is 0.370 e. The van der Waals surface area contributed by atoms with Gasteiger partial charge in [0, 0.05) is 26.2 Å². The Balaban J connectivity index is 2.05. The van der Waals surface area contributed by atoms with Crippen LogP contribution in [0.25, 0.3) is 0 Å². The highest BCUT2D eigenvalue weighted by Gasteiger charge is 2.14. The first-order valence-electron chi connectivity index (χ1n) is 7.06. The maximum Gasteiger partial charge on any atom is 0.272 e. The lowest BCUT2D eigenvalue weighted by molar-refractivity contribution is 0.0779. The molecule has 0 atom stereocenters. The highest BCUT2D eigenvalue weighted by molar-refractivity contribution is 5.92. The molecule has 1 N–H and O–H groups in total. The van der Waals surface area contributed by atoms with Gasteiger partial charge in [0.25, 0.3) is 5.91 Å². The monoisotopic (exact) mass is 284 g/mol. The molecule has 1 heterocycles. The highest BCUT2D eigenvalue weighted by Crippen LogP contribution is 2.09. The van der Waals surface area contributed by atoms with Crippen molar-refractivity contribution in [2.24, 2.45) is 0 Å². The molecule has 5 nitrogen and oxygen atoms in total. The van der Waals surface area contributed by atoms with E-state index in [1.165, 1.54) is 6.33 Å². The summed E-state index contributed by atoms with van der Waals surface area (Å²) in [5.74, 6) is 0.573. The van der Waals surface area contributed by atoms with Crippen molar-refractivity contribution in [3.8, 4) is 0 Å². The standard InChI is InChI=1S/C16H20N4O/c1-3-9-17-15-10-14(18-12-19-15)16(21)20(2)11-13-7-5-4-6-8-13/h4-8,10,12H,3,9,11H2,1-2H3,(H,17,18,19). The molecule has 0 spiro atoms. The van der Waals surface area contributed by atoms with Gasteiger partial charge in [-0.3, -0.25) is 4.79 Å². The summed E-state index contributed by atoms with van der Waals surface area (Å²) in [7, 11) is 1.77. The molecule has 0 unspecified atom stereocenters. The van der Waals surface area contributed by atoms with Gasteiger partial charge in [-0.1, -0.05) is 37.3 Å². The van der Waals surface area contributed by atoms with E-state index in [-0.39, 0.29) is 5.91 Å². The number of hydrogen-bond acceptors (Lipinski definition) is 4. The van der Waals surface area contributed by atoms with Crippen LogP contribution in [0.2, 0.25) is 0 Å². The normalized spacial score (nSPS) is 10.2. The molecule has 2 aromatic rings. The third-order valence-electron chi connectivity index (χ3n) is 3.05. The van der Waals surface area contributed by atoms with Crippen molar-refractivity contribution in [3.05, 3.63) is 54.0 Å². The summed E-state index contributed by atoms with van der Waals surface area (Å²) < 4.78 is 0. The first-order chi connectivity index (χ1) is 10.2. The number of nitrogens with one attached hydrogen (secondary N) is 1. The number of carbonyl (C=O) groups is 1. The van der Waals surface area contributed by atoms with Gasteiger partial charge in [0.15, 0.2) is 0 Å². The summed E-state index contributed by atoms with van der Waals surface area (Å²) in [6.45, 7) is 3.46. The predicted octanol–water partition coefficient (Wildman–Crippen LogP) is 2.57. The lowest BCUT2D eigenvalue weighted by Gasteiger charge is -2.17. The molecule has 5 heteroatoms. The molecule has 0 saturated heterocycles. The second-order valence-corrected chi connectivity index (χ2v) is 4.86. The van der Waals surface area contributed by atoms with Gasteiger partial charge >= 0.3 is 0 Å². The van der Waals surface area contributed by atoms with Crippen LogP contribution in [0.5, 0.6) is 0 Å². The zero-order valence-electron chi connectivity index (χ0n) is 12.4. The van der Waals surface area contributed by atoms with E-state index in [0.29, 0.717) is 18.1 Å². The van der Waals surface area contributed by atoms with Crippen LogP contribution in [0, 0.1) is 0 Å². The first kappa shape index (κ1) is 15.0. The summed E-state index contributed by atoms with van der Waals surface area (Å²) >= 11 is 0. The Morgan fingerprint density at radius 2 is 2.00 bits per heavy atom. The van der Waals surface area contributed by atoms with Crippen molar-refractivity contribution in [2.75, 3.05) is 18.9 Å². The van der Waals surface area contributed by atoms with Gasteiger partial charge < -0.3 is 10.2 Å². The van der Waals surface area contributed by atoms with Gasteiger partial charge in [-0.15, -0.1) is 0 Å². The number of hydrogen-bond donors (Lipinski definition) is 1. The second kappa shape index (κ2) is 7.38. The Morgan fingerprint density at radius 3 is 2.71 bits per heavy atom. The Hall–Kier alpha value is -2.43. The molecule has 21 heavy (non-hydrogen) atoms. The van der Waals surface area contributed by atoms with E-state index in [0.717, 1.165) is 18.5 Å². The molecule has 0 aliphatic rings. The summed E-state index contributed by atoms with van der Waals surface area (Å²) in [5, 5.41) is 3.16. The van der Waals surface area contributed by atoms with Crippen LogP contribution in [0.4, 0.5) is 5.82 Å². The zero-order valence-corrected chi connectivity index (χ0v) is 12.4. The van der Waals surface area contributed by atoms with Gasteiger partial charge in [0.2, 0.25) is 0 Å². The fraction of sp³-hybridized carbons (Fsp3) is 0.312. The second-order valence-electron chi connectivity index (χ2n) is 4.86. The van der Waals surface area contributed by atoms with Crippen LogP contribution < -0.4 is 5.32 Å². The fourth-order valence-corrected chi connectivity index (χ4v) is 1.95. The molecule has 1 amide bonds. The van der Waals surface area contributed by atoms with Gasteiger partial charge in [-0.05, 0) is 12.0 Å². The van der Waals surface area contributed by atoms with E-state index < -0.39 is 0 Å². The minimum Gasteiger partial charge on any atom is -0.370 e. The van der Waals surface area contributed by atoms with E-state index in [1.54, 1.807) is 18.0 Å². The molecule has 0 saturated carbocycles. The van der Waals surface area contributed by atoms with Crippen LogP contribution in [0.15, 0.2) is 42.7 Å². The molecule has 0 radical (unpaired) electrons. The molecular formula is C16H20N4O. The summed E-state index contributed by atoms with van der Waals surface area (Å²) in [5.41, 5.74) is 1.49. The van der Waals surface area contributed by atoms with E-state index in [2.05, 4.69) is 22.2 Å². The maximum atomic E-state index is 12.4. The van der Waals surface area contributed by atoms with Crippen LogP contribution in [-0.4, -0.2) is 34.4 Å². The molecule has 0 fully saturated rings. The zero-order chi connectivity index (χ0) is 15.1. The Labute approximate surface area is 125 Å². The molecule has 0 aliphatic carbocycles. The third kappa shape index (κ3) is 4.27. The first-order valence-corrected chi connectivity index (χ1v) is 7.06. The lowest BCUT2D eigenvalue weighted by atomic mass is 10.2. The molecule has 2 rings (SSSR count). The van der Waals surface area contributed by atoms with Gasteiger partial charge in [0.05, 0.1) is 0 Å². The van der Waals surface area contributed by atoms with E-state index in [4.69, 9.17) is 0 Å². The highest BCUT2D eigenvalue weighted by atomic mass is 16.2. The van der Waals surface area contributed by atoms with E-state index in [9.17, 15) is 4.79 Å². The SMILES string of the molecule is CCCNc1cc(C(=O)N(C)Cc2ccccc2)ncn1. The quantitative estimate of drug-likeness (QED) is 0.885. The summed E-state index contributed by atoms with van der Waals surface area (Å²) in [6.07, 6.45) is 2.42. The molecule has 1 aromatic heterocycles. The maximum absolute atomic E-state index is 12.4. The smallest absolute Gasteiger partial charge is 0.272 e. The topological polar surface area (TPSA) is 58.1 Å². The molecular weight excluding hydrogens is 264 g/mol. The summed E-state index contributed by atoms with van der Waals surface area (Å²) in [6, 6.07) is 11.6. The number of nitrogens with zero attached hydrogens (tertiary/aromatic N) is 3. The average Bonchev–Trinajstić information content (AvgIpc) is 2.53. The van der Waals surface area contributed by atoms with Crippen molar-refractivity contribution in [2.45, 2.75) is 19.9 Å². The number of benzene rings is 1. The van der Waals surface area contributed by atoms with Crippen LogP contribution >= 0.6 is 0 Å². The molecule has 0 bridgehead atoms. The number of carbonyl (C=O) groups excluding carboxylic acids is 1. The molecule has 0 aliphatic heterocycles. The Morgan fingerprint density at radius 1 is 1.24 bits per heavy atom. The van der Waals surface area contributed by atoms with Crippen molar-refractivity contribution >= 4 is 11.7 Å². The van der Waals surface area contributed by atoms with Gasteiger partial charge in [-0.25, -0.2) is 9.97 Å². The van der Waals surface area contributed by atoms with Crippen LogP contribution in [-0.2, 0) is 6.54 Å². The van der Waals surface area contributed by atoms with Crippen molar-refractivity contribution in [1.82, 2.24) is 14.9 Å².